The number of likely N-dealkylation sites (tertiary alicyclic amines) is 1. The van der Waals surface area contributed by atoms with Gasteiger partial charge in [0.2, 0.25) is 0 Å². The van der Waals surface area contributed by atoms with Crippen LogP contribution in [0.3, 0.4) is 0 Å². The van der Waals surface area contributed by atoms with Crippen molar-refractivity contribution in [2.45, 2.75) is 39.7 Å². The Bertz CT molecular complexity index is 948. The smallest absolute Gasteiger partial charge is 0.294 e. The zero-order valence-corrected chi connectivity index (χ0v) is 20.4. The molecule has 1 saturated heterocycles. The van der Waals surface area contributed by atoms with Gasteiger partial charge in [-0.15, -0.1) is 0 Å². The number of amidine groups is 1. The van der Waals surface area contributed by atoms with Gasteiger partial charge in [0.1, 0.15) is 17.4 Å². The second-order valence-corrected chi connectivity index (χ2v) is 9.21. The van der Waals surface area contributed by atoms with Crippen molar-refractivity contribution in [3.8, 4) is 0 Å². The Hall–Kier alpha value is -2.71. The number of benzene rings is 1. The third-order valence-electron chi connectivity index (χ3n) is 6.30. The number of carbonyl (C=O) groups excluding carboxylic acids is 1. The fourth-order valence-corrected chi connectivity index (χ4v) is 4.50. The molecule has 0 bridgehead atoms. The normalized spacial score (nSPS) is 19.1. The first-order valence-electron chi connectivity index (χ1n) is 11.6. The van der Waals surface area contributed by atoms with Crippen molar-refractivity contribution in [2.24, 2.45) is 28.1 Å². The molecule has 0 atom stereocenters. The van der Waals surface area contributed by atoms with Crippen LogP contribution in [0, 0.1) is 12.8 Å². The summed E-state index contributed by atoms with van der Waals surface area (Å²) >= 11 is 6.19. The number of amides is 1. The fraction of sp³-hybridized carbons (Fsp3) is 0.500. The highest BCUT2D eigenvalue weighted by molar-refractivity contribution is 6.30. The lowest BCUT2D eigenvalue weighted by Crippen LogP contribution is -2.41. The van der Waals surface area contributed by atoms with Crippen molar-refractivity contribution in [2.75, 3.05) is 32.7 Å². The van der Waals surface area contributed by atoms with Gasteiger partial charge in [-0.25, -0.2) is 0 Å². The number of aliphatic imine (C=N–C) groups is 1. The van der Waals surface area contributed by atoms with Crippen molar-refractivity contribution in [3.05, 3.63) is 57.6 Å². The van der Waals surface area contributed by atoms with E-state index in [9.17, 15) is 4.79 Å². The average molecular weight is 474 g/mol. The molecule has 0 unspecified atom stereocenters. The number of hydrogen-bond acceptors (Lipinski definition) is 6. The summed E-state index contributed by atoms with van der Waals surface area (Å²) in [5, 5.41) is 3.82. The first kappa shape index (κ1) is 24.9. The van der Waals surface area contributed by atoms with E-state index in [1.54, 1.807) is 6.08 Å². The summed E-state index contributed by atoms with van der Waals surface area (Å²) in [4.78, 5) is 21.3. The highest BCUT2D eigenvalue weighted by Crippen LogP contribution is 2.22. The molecule has 1 aromatic rings. The highest BCUT2D eigenvalue weighted by atomic mass is 35.5. The molecule has 0 aromatic heterocycles. The quantitative estimate of drug-likeness (QED) is 0.271. The van der Waals surface area contributed by atoms with Crippen LogP contribution in [0.15, 0.2) is 46.5 Å². The molecule has 0 aliphatic carbocycles. The van der Waals surface area contributed by atoms with Crippen molar-refractivity contribution < 1.29 is 4.79 Å². The zero-order valence-electron chi connectivity index (χ0n) is 19.6. The Morgan fingerprint density at radius 1 is 1.27 bits per heavy atom. The van der Waals surface area contributed by atoms with Crippen LogP contribution in [0.25, 0.3) is 0 Å². The predicted octanol–water partition coefficient (Wildman–Crippen LogP) is 2.03. The SMILES string of the molecule is CCCN1CCC(C(N)=NC(=O)/C(N)=C/C2=C(N)NCCN2Cc2cc(Cl)ccc2C)CC1. The van der Waals surface area contributed by atoms with Crippen LogP contribution in [0.5, 0.6) is 0 Å². The van der Waals surface area contributed by atoms with Crippen LogP contribution < -0.4 is 22.5 Å². The molecule has 2 heterocycles. The summed E-state index contributed by atoms with van der Waals surface area (Å²) in [5.74, 6) is 0.408. The van der Waals surface area contributed by atoms with E-state index in [0.717, 1.165) is 50.0 Å². The number of carbonyl (C=O) groups is 1. The molecule has 3 rings (SSSR count). The van der Waals surface area contributed by atoms with Gasteiger partial charge in [-0.3, -0.25) is 4.79 Å². The molecule has 1 amide bonds. The first-order valence-corrected chi connectivity index (χ1v) is 12.0. The Balaban J connectivity index is 1.72. The maximum atomic E-state index is 12.7. The van der Waals surface area contributed by atoms with Crippen LogP contribution in [0.1, 0.15) is 37.3 Å². The third kappa shape index (κ3) is 6.65. The maximum Gasteiger partial charge on any atom is 0.294 e. The number of piperidine rings is 1. The number of allylic oxidation sites excluding steroid dienone is 1. The largest absolute Gasteiger partial charge is 0.394 e. The van der Waals surface area contributed by atoms with Gasteiger partial charge < -0.3 is 32.3 Å². The molecule has 2 aliphatic rings. The van der Waals surface area contributed by atoms with Gasteiger partial charge >= 0.3 is 0 Å². The summed E-state index contributed by atoms with van der Waals surface area (Å²) in [6.07, 6.45) is 4.53. The number of hydrogen-bond donors (Lipinski definition) is 4. The van der Waals surface area contributed by atoms with E-state index in [1.165, 1.54) is 0 Å². The van der Waals surface area contributed by atoms with Crippen LogP contribution >= 0.6 is 11.6 Å². The molecule has 8 nitrogen and oxygen atoms in total. The summed E-state index contributed by atoms with van der Waals surface area (Å²) in [5.41, 5.74) is 21.4. The maximum absolute atomic E-state index is 12.7. The van der Waals surface area contributed by atoms with E-state index in [2.05, 4.69) is 27.0 Å². The van der Waals surface area contributed by atoms with Crippen LogP contribution in [0.4, 0.5) is 0 Å². The second-order valence-electron chi connectivity index (χ2n) is 8.78. The molecule has 9 heteroatoms. The van der Waals surface area contributed by atoms with Gasteiger partial charge in [0.25, 0.3) is 5.91 Å². The molecule has 0 saturated carbocycles. The van der Waals surface area contributed by atoms with Crippen molar-refractivity contribution in [3.63, 3.8) is 0 Å². The third-order valence-corrected chi connectivity index (χ3v) is 6.54. The lowest BCUT2D eigenvalue weighted by Gasteiger charge is -2.32. The number of nitrogens with two attached hydrogens (primary N) is 3. The van der Waals surface area contributed by atoms with Crippen molar-refractivity contribution in [1.82, 2.24) is 15.1 Å². The summed E-state index contributed by atoms with van der Waals surface area (Å²) < 4.78 is 0. The molecule has 2 aliphatic heterocycles. The topological polar surface area (TPSA) is 126 Å². The Morgan fingerprint density at radius 2 is 2.00 bits per heavy atom. The van der Waals surface area contributed by atoms with E-state index in [1.807, 2.05) is 25.1 Å². The molecular weight excluding hydrogens is 438 g/mol. The molecule has 0 spiro atoms. The van der Waals surface area contributed by atoms with Gasteiger partial charge in [-0.1, -0.05) is 24.6 Å². The molecule has 33 heavy (non-hydrogen) atoms. The Labute approximate surface area is 201 Å². The van der Waals surface area contributed by atoms with Crippen LogP contribution in [0.2, 0.25) is 5.02 Å². The number of nitrogens with zero attached hydrogens (tertiary/aromatic N) is 3. The summed E-state index contributed by atoms with van der Waals surface area (Å²) in [7, 11) is 0. The van der Waals surface area contributed by atoms with Gasteiger partial charge in [0.05, 0.1) is 5.70 Å². The summed E-state index contributed by atoms with van der Waals surface area (Å²) in [6, 6.07) is 5.81. The number of nitrogens with one attached hydrogen (secondary N) is 1. The molecule has 0 radical (unpaired) electrons. The molecule has 7 N–H and O–H groups in total. The summed E-state index contributed by atoms with van der Waals surface area (Å²) in [6.45, 7) is 9.26. The minimum Gasteiger partial charge on any atom is -0.394 e. The van der Waals surface area contributed by atoms with Gasteiger partial charge in [-0.2, -0.15) is 4.99 Å². The Kier molecular flexibility index (Phi) is 8.63. The van der Waals surface area contributed by atoms with Crippen LogP contribution in [-0.4, -0.2) is 54.3 Å². The number of halogens is 1. The van der Waals surface area contributed by atoms with E-state index < -0.39 is 5.91 Å². The van der Waals surface area contributed by atoms with E-state index in [4.69, 9.17) is 28.8 Å². The zero-order chi connectivity index (χ0) is 24.0. The molecule has 1 aromatic carbocycles. The van der Waals surface area contributed by atoms with Gasteiger partial charge in [0, 0.05) is 30.6 Å². The first-order chi connectivity index (χ1) is 15.8. The van der Waals surface area contributed by atoms with Crippen molar-refractivity contribution in [1.29, 1.82) is 0 Å². The average Bonchev–Trinajstić information content (AvgIpc) is 2.79. The van der Waals surface area contributed by atoms with Crippen LogP contribution in [-0.2, 0) is 11.3 Å². The second kappa shape index (κ2) is 11.4. The Morgan fingerprint density at radius 3 is 2.70 bits per heavy atom. The van der Waals surface area contributed by atoms with Crippen molar-refractivity contribution >= 4 is 23.3 Å². The molecule has 1 fully saturated rings. The minimum atomic E-state index is -0.534. The standard InChI is InChI=1S/C24H36ClN7O/c1-3-9-31-10-6-17(7-11-31)22(27)30-24(33)20(26)14-21-23(28)29-8-12-32(21)15-18-13-19(25)5-4-16(18)2/h4-5,13-14,17,29H,3,6-12,15,26,28H2,1-2H3,(H2,27,30,33)/b20-14-. The number of aryl methyl sites for hydroxylation is 1. The number of rotatable bonds is 7. The van der Waals surface area contributed by atoms with E-state index in [0.29, 0.717) is 42.0 Å². The monoisotopic (exact) mass is 473 g/mol. The fourth-order valence-electron chi connectivity index (χ4n) is 4.31. The van der Waals surface area contributed by atoms with E-state index in [-0.39, 0.29) is 11.6 Å². The lowest BCUT2D eigenvalue weighted by molar-refractivity contribution is -0.114. The predicted molar refractivity (Wildman–Crippen MR) is 134 cm³/mol. The minimum absolute atomic E-state index is 0.0100. The van der Waals surface area contributed by atoms with E-state index >= 15 is 0 Å². The lowest BCUT2D eigenvalue weighted by atomic mass is 9.95. The van der Waals surface area contributed by atoms with Gasteiger partial charge in [0.15, 0.2) is 0 Å². The highest BCUT2D eigenvalue weighted by Gasteiger charge is 2.23. The van der Waals surface area contributed by atoms with Gasteiger partial charge in [-0.05, 0) is 75.2 Å². The molecule has 180 valence electrons. The molecular formula is C24H36ClN7O.